The van der Waals surface area contributed by atoms with Crippen molar-refractivity contribution in [3.63, 3.8) is 0 Å². The average molecular weight is 231 g/mol. The van der Waals surface area contributed by atoms with Crippen molar-refractivity contribution in [2.45, 2.75) is 10.2 Å². The molecule has 0 aromatic heterocycles. The van der Waals surface area contributed by atoms with E-state index in [-0.39, 0.29) is 0 Å². The topological polar surface area (TPSA) is 74.6 Å². The van der Waals surface area contributed by atoms with Crippen LogP contribution in [-0.4, -0.2) is 32.4 Å². The lowest BCUT2D eigenvalue weighted by Crippen LogP contribution is -2.30. The molecule has 0 bridgehead atoms. The Balaban J connectivity index is 4.07. The van der Waals surface area contributed by atoms with Crippen LogP contribution in [0.25, 0.3) is 0 Å². The fourth-order valence-corrected chi connectivity index (χ4v) is 0.584. The van der Waals surface area contributed by atoms with Gasteiger partial charge in [-0.1, -0.05) is 15.9 Å². The minimum absolute atomic E-state index is 1.24. The van der Waals surface area contributed by atoms with E-state index < -0.39 is 22.1 Å². The van der Waals surface area contributed by atoms with Gasteiger partial charge in [0.15, 0.2) is 5.38 Å². The van der Waals surface area contributed by atoms with Crippen LogP contribution in [-0.2, 0) is 9.59 Å². The van der Waals surface area contributed by atoms with Crippen molar-refractivity contribution in [1.82, 2.24) is 0 Å². The molecule has 6 heteroatoms. The van der Waals surface area contributed by atoms with Crippen LogP contribution in [0.2, 0.25) is 0 Å². The molecule has 0 aromatic rings. The Labute approximate surface area is 69.9 Å². The highest BCUT2D eigenvalue weighted by Gasteiger charge is 2.29. The molecule has 0 spiro atoms. The fourth-order valence-electron chi connectivity index (χ4n) is 0.250. The molecule has 4 nitrogen and oxygen atoms in total. The smallest absolute Gasteiger partial charge is 0.323 e. The number of alkyl halides is 2. The van der Waals surface area contributed by atoms with Crippen LogP contribution in [0.4, 0.5) is 0 Å². The molecule has 0 aliphatic rings. The Bertz CT molecular complexity index is 141. The Morgan fingerprint density at radius 3 is 1.80 bits per heavy atom. The first-order valence-corrected chi connectivity index (χ1v) is 3.55. The SMILES string of the molecule is O=C(O)C(Cl)C(Br)C(=O)O. The first kappa shape index (κ1) is 9.71. The van der Waals surface area contributed by atoms with Gasteiger partial charge >= 0.3 is 11.9 Å². The normalized spacial score (nSPS) is 15.8. The number of carbonyl (C=O) groups is 2. The van der Waals surface area contributed by atoms with E-state index in [2.05, 4.69) is 15.9 Å². The molecule has 0 heterocycles. The molecule has 0 fully saturated rings. The third-order valence-electron chi connectivity index (χ3n) is 0.729. The van der Waals surface area contributed by atoms with Gasteiger partial charge in [-0.3, -0.25) is 9.59 Å². The third kappa shape index (κ3) is 2.53. The molecule has 0 aromatic carbocycles. The van der Waals surface area contributed by atoms with E-state index in [4.69, 9.17) is 21.8 Å². The zero-order valence-electron chi connectivity index (χ0n) is 4.62. The van der Waals surface area contributed by atoms with Crippen LogP contribution in [0.3, 0.4) is 0 Å². The Morgan fingerprint density at radius 1 is 1.30 bits per heavy atom. The van der Waals surface area contributed by atoms with E-state index in [0.717, 1.165) is 0 Å². The summed E-state index contributed by atoms with van der Waals surface area (Å²) in [5.41, 5.74) is 0. The van der Waals surface area contributed by atoms with Gasteiger partial charge in [0.1, 0.15) is 4.83 Å². The summed E-state index contributed by atoms with van der Waals surface area (Å²) in [4.78, 5) is 18.8. The maximum atomic E-state index is 10.1. The maximum absolute atomic E-state index is 10.1. The molecule has 2 N–H and O–H groups in total. The molecule has 0 aliphatic heterocycles. The van der Waals surface area contributed by atoms with Gasteiger partial charge in [-0.15, -0.1) is 11.6 Å². The van der Waals surface area contributed by atoms with E-state index >= 15 is 0 Å². The standard InChI is InChI=1S/C4H4BrClO4/c5-1(3(7)8)2(6)4(9)10/h1-2H,(H,7,8)(H,9,10). The molecule has 0 saturated heterocycles. The van der Waals surface area contributed by atoms with Crippen LogP contribution in [0.1, 0.15) is 0 Å². The number of carboxylic acids is 2. The first-order chi connectivity index (χ1) is 4.46. The minimum Gasteiger partial charge on any atom is -0.480 e. The summed E-state index contributed by atoms with van der Waals surface area (Å²) in [6.07, 6.45) is 0. The molecule has 0 amide bonds. The zero-order chi connectivity index (χ0) is 8.31. The number of halogens is 2. The van der Waals surface area contributed by atoms with Gasteiger partial charge in [-0.05, 0) is 0 Å². The van der Waals surface area contributed by atoms with Gasteiger partial charge < -0.3 is 10.2 Å². The van der Waals surface area contributed by atoms with Crippen molar-refractivity contribution >= 4 is 39.5 Å². The number of aliphatic carboxylic acids is 2. The lowest BCUT2D eigenvalue weighted by Gasteiger charge is -2.05. The molecule has 0 saturated carbocycles. The highest BCUT2D eigenvalue weighted by atomic mass is 79.9. The number of carboxylic acid groups (broad SMARTS) is 2. The summed E-state index contributed by atoms with van der Waals surface area (Å²) in [5.74, 6) is -2.65. The Hall–Kier alpha value is -0.290. The molecule has 10 heavy (non-hydrogen) atoms. The van der Waals surface area contributed by atoms with Gasteiger partial charge in [0.25, 0.3) is 0 Å². The molecule has 2 unspecified atom stereocenters. The molecule has 58 valence electrons. The van der Waals surface area contributed by atoms with Crippen molar-refractivity contribution in [1.29, 1.82) is 0 Å². The summed E-state index contributed by atoms with van der Waals surface area (Å²) in [6.45, 7) is 0. The second-order valence-corrected chi connectivity index (χ2v) is 2.94. The predicted octanol–water partition coefficient (Wildman–Crippen LogP) is 0.526. The second-order valence-electron chi connectivity index (χ2n) is 1.48. The molecule has 0 rings (SSSR count). The fraction of sp³-hybridized carbons (Fsp3) is 0.500. The largest absolute Gasteiger partial charge is 0.480 e. The maximum Gasteiger partial charge on any atom is 0.323 e. The zero-order valence-corrected chi connectivity index (χ0v) is 6.96. The highest BCUT2D eigenvalue weighted by Crippen LogP contribution is 2.12. The van der Waals surface area contributed by atoms with Crippen molar-refractivity contribution in [3.05, 3.63) is 0 Å². The van der Waals surface area contributed by atoms with Crippen molar-refractivity contribution in [2.75, 3.05) is 0 Å². The summed E-state index contributed by atoms with van der Waals surface area (Å²) in [6, 6.07) is 0. The average Bonchev–Trinajstić information content (AvgIpc) is 1.84. The predicted molar refractivity (Wildman–Crippen MR) is 37.6 cm³/mol. The van der Waals surface area contributed by atoms with Crippen molar-refractivity contribution in [3.8, 4) is 0 Å². The number of rotatable bonds is 3. The van der Waals surface area contributed by atoms with Crippen LogP contribution >= 0.6 is 27.5 Å². The lowest BCUT2D eigenvalue weighted by molar-refractivity contribution is -0.142. The number of hydrogen-bond acceptors (Lipinski definition) is 2. The van der Waals surface area contributed by atoms with Crippen molar-refractivity contribution in [2.24, 2.45) is 0 Å². The number of hydrogen-bond donors (Lipinski definition) is 2. The van der Waals surface area contributed by atoms with Gasteiger partial charge in [0.2, 0.25) is 0 Å². The van der Waals surface area contributed by atoms with Crippen LogP contribution in [0.15, 0.2) is 0 Å². The summed E-state index contributed by atoms with van der Waals surface area (Å²) >= 11 is 7.73. The molecule has 2 atom stereocenters. The van der Waals surface area contributed by atoms with Crippen molar-refractivity contribution < 1.29 is 19.8 Å². The van der Waals surface area contributed by atoms with Gasteiger partial charge in [-0.2, -0.15) is 0 Å². The quantitative estimate of drug-likeness (QED) is 0.695. The Morgan fingerprint density at radius 2 is 1.70 bits per heavy atom. The lowest BCUT2D eigenvalue weighted by atomic mass is 10.3. The summed E-state index contributed by atoms with van der Waals surface area (Å²) < 4.78 is 0. The van der Waals surface area contributed by atoms with E-state index in [1.54, 1.807) is 0 Å². The monoisotopic (exact) mass is 230 g/mol. The van der Waals surface area contributed by atoms with Gasteiger partial charge in [0.05, 0.1) is 0 Å². The first-order valence-electron chi connectivity index (χ1n) is 2.20. The van der Waals surface area contributed by atoms with Gasteiger partial charge in [-0.25, -0.2) is 0 Å². The van der Waals surface area contributed by atoms with Gasteiger partial charge in [0, 0.05) is 0 Å². The summed E-state index contributed by atoms with van der Waals surface area (Å²) in [7, 11) is 0. The van der Waals surface area contributed by atoms with E-state index in [0.29, 0.717) is 0 Å². The molecule has 0 radical (unpaired) electrons. The third-order valence-corrected chi connectivity index (χ3v) is 2.39. The second kappa shape index (κ2) is 3.78. The van der Waals surface area contributed by atoms with Crippen LogP contribution < -0.4 is 0 Å². The molecular formula is C4H4BrClO4. The minimum atomic E-state index is -1.43. The molecular weight excluding hydrogens is 227 g/mol. The van der Waals surface area contributed by atoms with E-state index in [9.17, 15) is 9.59 Å². The Kier molecular flexibility index (Phi) is 3.67. The summed E-state index contributed by atoms with van der Waals surface area (Å²) in [5, 5.41) is 14.9. The van der Waals surface area contributed by atoms with Crippen LogP contribution in [0.5, 0.6) is 0 Å². The van der Waals surface area contributed by atoms with Crippen LogP contribution in [0, 0.1) is 0 Å². The molecule has 0 aliphatic carbocycles. The van der Waals surface area contributed by atoms with E-state index in [1.165, 1.54) is 0 Å². The highest BCUT2D eigenvalue weighted by molar-refractivity contribution is 9.10. The van der Waals surface area contributed by atoms with E-state index in [1.807, 2.05) is 0 Å².